The van der Waals surface area contributed by atoms with Crippen molar-refractivity contribution in [3.63, 3.8) is 0 Å². The van der Waals surface area contributed by atoms with E-state index in [4.69, 9.17) is 22.4 Å². The van der Waals surface area contributed by atoms with Gasteiger partial charge in [-0.2, -0.15) is 0 Å². The minimum absolute atomic E-state index is 0.233. The third-order valence-electron chi connectivity index (χ3n) is 2.13. The van der Waals surface area contributed by atoms with Crippen LogP contribution in [-0.4, -0.2) is 23.0 Å². The first-order valence-electron chi connectivity index (χ1n) is 4.98. The molecule has 0 spiro atoms. The van der Waals surface area contributed by atoms with Gasteiger partial charge in [-0.15, -0.1) is 0 Å². The Bertz CT molecular complexity index is 406. The highest BCUT2D eigenvalue weighted by molar-refractivity contribution is 6.30. The Morgan fingerprint density at radius 3 is 2.47 bits per heavy atom. The Morgan fingerprint density at radius 2 is 1.94 bits per heavy atom. The largest absolute Gasteiger partial charge is 0.480 e. The molecule has 4 N–H and O–H groups in total. The maximum atomic E-state index is 11.3. The van der Waals surface area contributed by atoms with E-state index in [1.165, 1.54) is 0 Å². The van der Waals surface area contributed by atoms with E-state index in [0.29, 0.717) is 11.6 Å². The fourth-order valence-electron chi connectivity index (χ4n) is 1.16. The van der Waals surface area contributed by atoms with E-state index in [-0.39, 0.29) is 6.42 Å². The maximum absolute atomic E-state index is 11.3. The fraction of sp³-hybridized carbons (Fsp3) is 0.273. The van der Waals surface area contributed by atoms with E-state index < -0.39 is 17.9 Å². The number of amides is 1. The van der Waals surface area contributed by atoms with Gasteiger partial charge in [-0.1, -0.05) is 23.7 Å². The number of hydrogen-bond acceptors (Lipinski definition) is 3. The van der Waals surface area contributed by atoms with Crippen LogP contribution in [0, 0.1) is 0 Å². The van der Waals surface area contributed by atoms with Crippen molar-refractivity contribution in [3.8, 4) is 0 Å². The average Bonchev–Trinajstić information content (AvgIpc) is 2.28. The summed E-state index contributed by atoms with van der Waals surface area (Å²) in [6.07, 6.45) is -0.233. The quantitative estimate of drug-likeness (QED) is 0.725. The maximum Gasteiger partial charge on any atom is 0.321 e. The van der Waals surface area contributed by atoms with Crippen LogP contribution in [0.2, 0.25) is 5.02 Å². The second kappa shape index (κ2) is 6.22. The summed E-state index contributed by atoms with van der Waals surface area (Å²) in [4.78, 5) is 21.7. The molecular weight excluding hydrogens is 244 g/mol. The van der Waals surface area contributed by atoms with Crippen LogP contribution in [0.4, 0.5) is 0 Å². The number of halogens is 1. The second-order valence-corrected chi connectivity index (χ2v) is 3.99. The number of carboxylic acid groups (broad SMARTS) is 1. The van der Waals surface area contributed by atoms with Crippen LogP contribution < -0.4 is 11.1 Å². The van der Waals surface area contributed by atoms with Crippen LogP contribution in [0.3, 0.4) is 0 Å². The fourth-order valence-corrected chi connectivity index (χ4v) is 1.29. The summed E-state index contributed by atoms with van der Waals surface area (Å²) in [6.45, 7) is 0.322. The van der Waals surface area contributed by atoms with Crippen LogP contribution in [0.25, 0.3) is 0 Å². The van der Waals surface area contributed by atoms with E-state index in [2.05, 4.69) is 5.32 Å². The first kappa shape index (κ1) is 13.5. The molecule has 5 nitrogen and oxygen atoms in total. The Balaban J connectivity index is 2.38. The van der Waals surface area contributed by atoms with Crippen molar-refractivity contribution in [1.29, 1.82) is 0 Å². The van der Waals surface area contributed by atoms with Crippen LogP contribution in [-0.2, 0) is 16.1 Å². The van der Waals surface area contributed by atoms with Gasteiger partial charge in [-0.05, 0) is 17.7 Å². The molecule has 0 aliphatic heterocycles. The summed E-state index contributed by atoms with van der Waals surface area (Å²) in [6, 6.07) is 5.82. The van der Waals surface area contributed by atoms with E-state index >= 15 is 0 Å². The van der Waals surface area contributed by atoms with Gasteiger partial charge < -0.3 is 16.2 Å². The Morgan fingerprint density at radius 1 is 1.35 bits per heavy atom. The molecule has 0 saturated heterocycles. The highest BCUT2D eigenvalue weighted by Crippen LogP contribution is 2.09. The molecule has 0 heterocycles. The summed E-state index contributed by atoms with van der Waals surface area (Å²) in [5, 5.41) is 11.7. The molecule has 1 rings (SSSR count). The van der Waals surface area contributed by atoms with Gasteiger partial charge in [0.15, 0.2) is 0 Å². The third-order valence-corrected chi connectivity index (χ3v) is 2.38. The van der Waals surface area contributed by atoms with E-state index in [1.54, 1.807) is 24.3 Å². The summed E-state index contributed by atoms with van der Waals surface area (Å²) in [7, 11) is 0. The van der Waals surface area contributed by atoms with Crippen molar-refractivity contribution in [2.45, 2.75) is 19.0 Å². The number of carbonyl (C=O) groups excluding carboxylic acids is 1. The predicted octanol–water partition coefficient (Wildman–Crippen LogP) is 0.758. The van der Waals surface area contributed by atoms with Crippen LogP contribution in [0.15, 0.2) is 24.3 Å². The van der Waals surface area contributed by atoms with Crippen molar-refractivity contribution in [2.75, 3.05) is 0 Å². The molecule has 1 atom stereocenters. The van der Waals surface area contributed by atoms with Gasteiger partial charge in [0.1, 0.15) is 6.04 Å². The molecule has 0 radical (unpaired) electrons. The summed E-state index contributed by atoms with van der Waals surface area (Å²) in [5.74, 6) is -1.58. The molecule has 0 bridgehead atoms. The number of hydrogen-bond donors (Lipinski definition) is 3. The molecule has 0 aliphatic carbocycles. The van der Waals surface area contributed by atoms with E-state index in [9.17, 15) is 9.59 Å². The lowest BCUT2D eigenvalue weighted by molar-refractivity contribution is -0.140. The zero-order chi connectivity index (χ0) is 12.8. The average molecular weight is 257 g/mol. The molecular formula is C11H13ClN2O3. The highest BCUT2D eigenvalue weighted by Gasteiger charge is 2.15. The van der Waals surface area contributed by atoms with Crippen molar-refractivity contribution < 1.29 is 14.7 Å². The number of rotatable bonds is 5. The normalized spacial score (nSPS) is 11.9. The minimum atomic E-state index is -1.19. The zero-order valence-corrected chi connectivity index (χ0v) is 9.78. The van der Waals surface area contributed by atoms with Gasteiger partial charge in [0, 0.05) is 11.6 Å². The van der Waals surface area contributed by atoms with Gasteiger partial charge in [-0.3, -0.25) is 9.59 Å². The smallest absolute Gasteiger partial charge is 0.321 e. The topological polar surface area (TPSA) is 92.4 Å². The standard InChI is InChI=1S/C11H13ClN2O3/c12-8-3-1-7(2-4-8)6-14-10(15)5-9(13)11(16)17/h1-4,9H,5-6,13H2,(H,14,15)(H,16,17). The molecule has 0 fully saturated rings. The lowest BCUT2D eigenvalue weighted by Gasteiger charge is -2.07. The number of nitrogens with two attached hydrogens (primary N) is 1. The zero-order valence-electron chi connectivity index (χ0n) is 9.02. The summed E-state index contributed by atoms with van der Waals surface area (Å²) >= 11 is 5.71. The molecule has 1 aromatic carbocycles. The minimum Gasteiger partial charge on any atom is -0.480 e. The summed E-state index contributed by atoms with van der Waals surface area (Å²) < 4.78 is 0. The number of aliphatic carboxylic acids is 1. The molecule has 92 valence electrons. The molecule has 0 aliphatic rings. The lowest BCUT2D eigenvalue weighted by atomic mass is 10.2. The molecule has 1 amide bonds. The number of carboxylic acids is 1. The van der Waals surface area contributed by atoms with Crippen molar-refractivity contribution >= 4 is 23.5 Å². The van der Waals surface area contributed by atoms with Gasteiger partial charge in [0.2, 0.25) is 5.91 Å². The van der Waals surface area contributed by atoms with Crippen LogP contribution >= 0.6 is 11.6 Å². The molecule has 1 unspecified atom stereocenters. The Kier molecular flexibility index (Phi) is 4.93. The SMILES string of the molecule is NC(CC(=O)NCc1ccc(Cl)cc1)C(=O)O. The summed E-state index contributed by atoms with van der Waals surface area (Å²) in [5.41, 5.74) is 6.11. The second-order valence-electron chi connectivity index (χ2n) is 3.55. The first-order chi connectivity index (χ1) is 7.99. The molecule has 17 heavy (non-hydrogen) atoms. The molecule has 6 heteroatoms. The van der Waals surface area contributed by atoms with Gasteiger partial charge >= 0.3 is 5.97 Å². The number of carbonyl (C=O) groups is 2. The van der Waals surface area contributed by atoms with E-state index in [0.717, 1.165) is 5.56 Å². The number of nitrogens with one attached hydrogen (secondary N) is 1. The van der Waals surface area contributed by atoms with E-state index in [1.807, 2.05) is 0 Å². The number of benzene rings is 1. The third kappa shape index (κ3) is 4.84. The van der Waals surface area contributed by atoms with Gasteiger partial charge in [0.25, 0.3) is 0 Å². The highest BCUT2D eigenvalue weighted by atomic mass is 35.5. The predicted molar refractivity (Wildman–Crippen MR) is 63.5 cm³/mol. The van der Waals surface area contributed by atoms with Crippen molar-refractivity contribution in [2.24, 2.45) is 5.73 Å². The molecule has 0 aromatic heterocycles. The van der Waals surface area contributed by atoms with Crippen molar-refractivity contribution in [1.82, 2.24) is 5.32 Å². The Labute approximate surface area is 104 Å². The Hall–Kier alpha value is -1.59. The van der Waals surface area contributed by atoms with Crippen LogP contribution in [0.5, 0.6) is 0 Å². The van der Waals surface area contributed by atoms with Gasteiger partial charge in [-0.25, -0.2) is 0 Å². The molecule has 1 aromatic rings. The first-order valence-corrected chi connectivity index (χ1v) is 5.36. The van der Waals surface area contributed by atoms with Crippen molar-refractivity contribution in [3.05, 3.63) is 34.9 Å². The monoisotopic (exact) mass is 256 g/mol. The van der Waals surface area contributed by atoms with Gasteiger partial charge in [0.05, 0.1) is 6.42 Å². The van der Waals surface area contributed by atoms with Crippen LogP contribution in [0.1, 0.15) is 12.0 Å². The lowest BCUT2D eigenvalue weighted by Crippen LogP contribution is -2.36. The molecule has 0 saturated carbocycles.